The Morgan fingerprint density at radius 1 is 1.38 bits per heavy atom. The lowest BCUT2D eigenvalue weighted by atomic mass is 9.95. The molecule has 3 heterocycles. The monoisotopic (exact) mass is 223 g/mol. The fourth-order valence-electron chi connectivity index (χ4n) is 2.91. The van der Waals surface area contributed by atoms with Gasteiger partial charge in [0.25, 0.3) is 0 Å². The minimum absolute atomic E-state index is 0.475. The number of hydrogen-bond acceptors (Lipinski definition) is 3. The van der Waals surface area contributed by atoms with Crippen molar-refractivity contribution in [2.75, 3.05) is 39.3 Å². The van der Waals surface area contributed by atoms with E-state index in [1.165, 1.54) is 44.7 Å². The zero-order chi connectivity index (χ0) is 11.5. The summed E-state index contributed by atoms with van der Waals surface area (Å²) in [4.78, 5) is 5.23. The Hall–Kier alpha value is -0.380. The van der Waals surface area contributed by atoms with Gasteiger partial charge in [-0.25, -0.2) is 0 Å². The van der Waals surface area contributed by atoms with Crippen LogP contribution in [0.5, 0.6) is 0 Å². The van der Waals surface area contributed by atoms with Crippen molar-refractivity contribution in [1.82, 2.24) is 15.1 Å². The van der Waals surface area contributed by atoms with Crippen molar-refractivity contribution >= 4 is 0 Å². The van der Waals surface area contributed by atoms with Gasteiger partial charge in [0.15, 0.2) is 0 Å². The molecule has 3 aliphatic heterocycles. The highest BCUT2D eigenvalue weighted by Gasteiger charge is 2.36. The molecule has 0 radical (unpaired) electrons. The molecule has 3 saturated heterocycles. The van der Waals surface area contributed by atoms with E-state index < -0.39 is 0 Å². The second kappa shape index (κ2) is 5.30. The van der Waals surface area contributed by atoms with Gasteiger partial charge in [-0.1, -0.05) is 19.1 Å². The van der Waals surface area contributed by atoms with Gasteiger partial charge in [-0.15, -0.1) is 0 Å². The summed E-state index contributed by atoms with van der Waals surface area (Å²) in [5, 5.41) is 3.66. The fraction of sp³-hybridized carbons (Fsp3) is 0.846. The molecule has 3 rings (SSSR count). The molecule has 3 heteroatoms. The third-order valence-corrected chi connectivity index (χ3v) is 3.85. The first-order valence-electron chi connectivity index (χ1n) is 6.57. The number of hydrogen-bond donors (Lipinski definition) is 1. The van der Waals surface area contributed by atoms with E-state index in [1.807, 2.05) is 0 Å². The molecule has 0 amide bonds. The van der Waals surface area contributed by atoms with Crippen molar-refractivity contribution in [3.8, 4) is 0 Å². The number of rotatable bonds is 5. The molecule has 2 unspecified atom stereocenters. The van der Waals surface area contributed by atoms with E-state index in [-0.39, 0.29) is 0 Å². The molecule has 3 nitrogen and oxygen atoms in total. The minimum atomic E-state index is 0.475. The molecule has 0 aliphatic carbocycles. The number of piperazine rings is 3. The lowest BCUT2D eigenvalue weighted by molar-refractivity contribution is 0.00223. The summed E-state index contributed by atoms with van der Waals surface area (Å²) in [5.74, 6) is 0. The van der Waals surface area contributed by atoms with E-state index in [0.717, 1.165) is 6.54 Å². The van der Waals surface area contributed by atoms with Crippen molar-refractivity contribution < 1.29 is 0 Å². The van der Waals surface area contributed by atoms with Crippen molar-refractivity contribution in [3.63, 3.8) is 0 Å². The predicted molar refractivity (Wildman–Crippen MR) is 68.7 cm³/mol. The van der Waals surface area contributed by atoms with Gasteiger partial charge in [-0.2, -0.15) is 0 Å². The van der Waals surface area contributed by atoms with Gasteiger partial charge in [-0.05, 0) is 19.9 Å². The smallest absolute Gasteiger partial charge is 0.0444 e. The zero-order valence-electron chi connectivity index (χ0n) is 10.7. The van der Waals surface area contributed by atoms with Crippen molar-refractivity contribution in [2.45, 2.75) is 32.4 Å². The van der Waals surface area contributed by atoms with Crippen LogP contribution >= 0.6 is 0 Å². The van der Waals surface area contributed by atoms with Crippen LogP contribution in [0, 0.1) is 0 Å². The second-order valence-electron chi connectivity index (χ2n) is 5.18. The van der Waals surface area contributed by atoms with Gasteiger partial charge < -0.3 is 5.32 Å². The number of nitrogens with one attached hydrogen (secondary N) is 1. The van der Waals surface area contributed by atoms with Crippen LogP contribution in [-0.4, -0.2) is 61.2 Å². The summed E-state index contributed by atoms with van der Waals surface area (Å²) < 4.78 is 0. The van der Waals surface area contributed by atoms with Crippen LogP contribution in [-0.2, 0) is 0 Å². The van der Waals surface area contributed by atoms with Crippen LogP contribution in [0.25, 0.3) is 0 Å². The van der Waals surface area contributed by atoms with Crippen LogP contribution < -0.4 is 5.32 Å². The van der Waals surface area contributed by atoms with Gasteiger partial charge in [0.2, 0.25) is 0 Å². The van der Waals surface area contributed by atoms with E-state index in [1.54, 1.807) is 0 Å². The van der Waals surface area contributed by atoms with Crippen LogP contribution in [0.15, 0.2) is 12.2 Å². The third-order valence-electron chi connectivity index (χ3n) is 3.85. The summed E-state index contributed by atoms with van der Waals surface area (Å²) in [5.41, 5.74) is 1.28. The Morgan fingerprint density at radius 2 is 2.06 bits per heavy atom. The Bertz CT molecular complexity index is 244. The zero-order valence-corrected chi connectivity index (χ0v) is 10.7. The Kier molecular flexibility index (Phi) is 4.00. The van der Waals surface area contributed by atoms with E-state index in [4.69, 9.17) is 0 Å². The predicted octanol–water partition coefficient (Wildman–Crippen LogP) is 0.930. The SMILES string of the molecule is C=C(C)C(NCCC)C1CN2CCN1CC2. The van der Waals surface area contributed by atoms with Crippen molar-refractivity contribution in [1.29, 1.82) is 0 Å². The lowest BCUT2D eigenvalue weighted by Crippen LogP contribution is -2.66. The molecule has 2 bridgehead atoms. The van der Waals surface area contributed by atoms with Crippen LogP contribution in [0.3, 0.4) is 0 Å². The fourth-order valence-corrected chi connectivity index (χ4v) is 2.91. The number of nitrogens with zero attached hydrogens (tertiary/aromatic N) is 2. The van der Waals surface area contributed by atoms with E-state index in [0.29, 0.717) is 12.1 Å². The maximum Gasteiger partial charge on any atom is 0.0444 e. The molecule has 0 aromatic carbocycles. The number of fused-ring (bicyclic) bond motifs is 3. The average molecular weight is 223 g/mol. The van der Waals surface area contributed by atoms with E-state index >= 15 is 0 Å². The molecule has 0 saturated carbocycles. The molecule has 16 heavy (non-hydrogen) atoms. The molecule has 0 aromatic heterocycles. The Labute approximate surface area is 99.5 Å². The van der Waals surface area contributed by atoms with Gasteiger partial charge in [0.05, 0.1) is 0 Å². The Morgan fingerprint density at radius 3 is 2.50 bits per heavy atom. The molecule has 0 aromatic rings. The molecule has 1 N–H and O–H groups in total. The highest BCUT2D eigenvalue weighted by atomic mass is 15.4. The highest BCUT2D eigenvalue weighted by molar-refractivity contribution is 5.10. The first-order valence-corrected chi connectivity index (χ1v) is 6.57. The quantitative estimate of drug-likeness (QED) is 0.700. The molecular formula is C13H25N3. The van der Waals surface area contributed by atoms with Gasteiger partial charge >= 0.3 is 0 Å². The second-order valence-corrected chi connectivity index (χ2v) is 5.18. The summed E-state index contributed by atoms with van der Waals surface area (Å²) in [6.45, 7) is 15.8. The first kappa shape index (κ1) is 12.1. The van der Waals surface area contributed by atoms with Crippen molar-refractivity contribution in [2.24, 2.45) is 0 Å². The normalized spacial score (nSPS) is 35.0. The van der Waals surface area contributed by atoms with E-state index in [9.17, 15) is 0 Å². The standard InChI is InChI=1S/C13H25N3/c1-4-5-14-13(11(2)3)12-10-15-6-8-16(12)9-7-15/h12-14H,2,4-10H2,1,3H3. The largest absolute Gasteiger partial charge is 0.309 e. The molecule has 0 spiro atoms. The van der Waals surface area contributed by atoms with Gasteiger partial charge in [0, 0.05) is 44.8 Å². The maximum atomic E-state index is 4.16. The summed E-state index contributed by atoms with van der Waals surface area (Å²) in [6, 6.07) is 1.12. The molecule has 3 aliphatic rings. The van der Waals surface area contributed by atoms with Gasteiger partial charge in [0.1, 0.15) is 0 Å². The average Bonchev–Trinajstić information content (AvgIpc) is 2.31. The maximum absolute atomic E-state index is 4.16. The topological polar surface area (TPSA) is 18.5 Å². The Balaban J connectivity index is 1.99. The minimum Gasteiger partial charge on any atom is -0.309 e. The molecule has 3 fully saturated rings. The van der Waals surface area contributed by atoms with Crippen LogP contribution in [0.2, 0.25) is 0 Å². The van der Waals surface area contributed by atoms with Crippen LogP contribution in [0.1, 0.15) is 20.3 Å². The van der Waals surface area contributed by atoms with E-state index in [2.05, 4.69) is 35.5 Å². The molecule has 2 atom stereocenters. The summed E-state index contributed by atoms with van der Waals surface area (Å²) in [6.07, 6.45) is 1.19. The molecule has 92 valence electrons. The van der Waals surface area contributed by atoms with Crippen molar-refractivity contribution in [3.05, 3.63) is 12.2 Å². The highest BCUT2D eigenvalue weighted by Crippen LogP contribution is 2.21. The third kappa shape index (κ3) is 2.47. The van der Waals surface area contributed by atoms with Crippen LogP contribution in [0.4, 0.5) is 0 Å². The van der Waals surface area contributed by atoms with Gasteiger partial charge in [-0.3, -0.25) is 9.80 Å². The first-order chi connectivity index (χ1) is 7.72. The summed E-state index contributed by atoms with van der Waals surface area (Å²) in [7, 11) is 0. The lowest BCUT2D eigenvalue weighted by Gasteiger charge is -2.50. The molecular weight excluding hydrogens is 198 g/mol. The summed E-state index contributed by atoms with van der Waals surface area (Å²) >= 11 is 0.